The standard InChI is InChI=1S/C20H25N3O4S/c1-3-5-12-27-15-8-6-14(7-9-15)18(24)22-19-21-16-10-11-23(13-17(16)28-19)20(25)26-4-2/h6-9H,3-5,10-13H2,1-2H3,(H,21,22,24). The molecule has 1 aliphatic heterocycles. The third kappa shape index (κ3) is 5.01. The van der Waals surface area contributed by atoms with Crippen molar-refractivity contribution >= 4 is 28.5 Å². The van der Waals surface area contributed by atoms with Gasteiger partial charge in [-0.3, -0.25) is 10.1 Å². The second-order valence-corrected chi connectivity index (χ2v) is 7.52. The summed E-state index contributed by atoms with van der Waals surface area (Å²) >= 11 is 1.40. The minimum atomic E-state index is -0.312. The van der Waals surface area contributed by atoms with Gasteiger partial charge >= 0.3 is 6.09 Å². The number of carbonyl (C=O) groups excluding carboxylic acids is 2. The Morgan fingerprint density at radius 2 is 2.04 bits per heavy atom. The molecule has 0 saturated heterocycles. The largest absolute Gasteiger partial charge is 0.494 e. The monoisotopic (exact) mass is 403 g/mol. The van der Waals surface area contributed by atoms with Crippen LogP contribution in [-0.2, 0) is 17.7 Å². The van der Waals surface area contributed by atoms with Crippen molar-refractivity contribution in [2.24, 2.45) is 0 Å². The second-order valence-electron chi connectivity index (χ2n) is 6.44. The van der Waals surface area contributed by atoms with Crippen LogP contribution in [0.5, 0.6) is 5.75 Å². The fourth-order valence-corrected chi connectivity index (χ4v) is 3.84. The molecule has 0 aliphatic carbocycles. The van der Waals surface area contributed by atoms with E-state index in [0.717, 1.165) is 29.2 Å². The minimum absolute atomic E-state index is 0.214. The summed E-state index contributed by atoms with van der Waals surface area (Å²) in [6.07, 6.45) is 2.43. The van der Waals surface area contributed by atoms with Crippen LogP contribution >= 0.6 is 11.3 Å². The molecular formula is C20H25N3O4S. The number of amides is 2. The SMILES string of the molecule is CCCCOc1ccc(C(=O)Nc2nc3c(s2)CN(C(=O)OCC)CC3)cc1. The Balaban J connectivity index is 1.59. The number of rotatable bonds is 7. The molecule has 150 valence electrons. The highest BCUT2D eigenvalue weighted by atomic mass is 32.1. The Hall–Kier alpha value is -2.61. The maximum Gasteiger partial charge on any atom is 0.410 e. The van der Waals surface area contributed by atoms with E-state index in [9.17, 15) is 9.59 Å². The number of benzene rings is 1. The van der Waals surface area contributed by atoms with Crippen LogP contribution in [0.2, 0.25) is 0 Å². The normalized spacial score (nSPS) is 13.0. The quantitative estimate of drug-likeness (QED) is 0.704. The maximum atomic E-state index is 12.5. The van der Waals surface area contributed by atoms with Gasteiger partial charge in [0.25, 0.3) is 5.91 Å². The molecule has 0 radical (unpaired) electrons. The summed E-state index contributed by atoms with van der Waals surface area (Å²) in [6, 6.07) is 7.09. The number of nitrogens with one attached hydrogen (secondary N) is 1. The molecule has 0 saturated carbocycles. The molecule has 1 aromatic heterocycles. The van der Waals surface area contributed by atoms with E-state index in [-0.39, 0.29) is 12.0 Å². The molecule has 28 heavy (non-hydrogen) atoms. The van der Waals surface area contributed by atoms with Gasteiger partial charge in [0.2, 0.25) is 0 Å². The molecule has 3 rings (SSSR count). The highest BCUT2D eigenvalue weighted by Gasteiger charge is 2.25. The van der Waals surface area contributed by atoms with Crippen molar-refractivity contribution in [1.82, 2.24) is 9.88 Å². The first kappa shape index (κ1) is 20.1. The Bertz CT molecular complexity index is 819. The Kier molecular flexibility index (Phi) is 6.86. The molecule has 2 amide bonds. The fourth-order valence-electron chi connectivity index (χ4n) is 2.83. The van der Waals surface area contributed by atoms with Gasteiger partial charge in [-0.2, -0.15) is 0 Å². The summed E-state index contributed by atoms with van der Waals surface area (Å²) in [5, 5.41) is 3.39. The van der Waals surface area contributed by atoms with Crippen molar-refractivity contribution in [3.05, 3.63) is 40.4 Å². The summed E-state index contributed by atoms with van der Waals surface area (Å²) in [5.41, 5.74) is 1.48. The van der Waals surface area contributed by atoms with E-state index in [0.29, 0.717) is 43.4 Å². The first-order chi connectivity index (χ1) is 13.6. The summed E-state index contributed by atoms with van der Waals surface area (Å²) in [7, 11) is 0. The van der Waals surface area contributed by atoms with Crippen LogP contribution < -0.4 is 10.1 Å². The molecule has 0 unspecified atom stereocenters. The summed E-state index contributed by atoms with van der Waals surface area (Å²) in [6.45, 7) is 5.97. The number of unbranched alkanes of at least 4 members (excludes halogenated alkanes) is 1. The van der Waals surface area contributed by atoms with Crippen LogP contribution in [0.15, 0.2) is 24.3 Å². The molecule has 1 aliphatic rings. The highest BCUT2D eigenvalue weighted by Crippen LogP contribution is 2.29. The summed E-state index contributed by atoms with van der Waals surface area (Å²) < 4.78 is 10.7. The zero-order valence-corrected chi connectivity index (χ0v) is 17.0. The zero-order valence-electron chi connectivity index (χ0n) is 16.2. The molecule has 0 spiro atoms. The molecule has 0 bridgehead atoms. The van der Waals surface area contributed by atoms with E-state index in [1.165, 1.54) is 11.3 Å². The fraction of sp³-hybridized carbons (Fsp3) is 0.450. The van der Waals surface area contributed by atoms with E-state index in [1.807, 2.05) is 0 Å². The van der Waals surface area contributed by atoms with Gasteiger partial charge in [0, 0.05) is 23.4 Å². The van der Waals surface area contributed by atoms with Crippen molar-refractivity contribution in [3.8, 4) is 5.75 Å². The zero-order chi connectivity index (χ0) is 19.9. The average Bonchev–Trinajstić information content (AvgIpc) is 3.10. The third-order valence-electron chi connectivity index (χ3n) is 4.36. The van der Waals surface area contributed by atoms with Gasteiger partial charge in [-0.1, -0.05) is 24.7 Å². The predicted molar refractivity (Wildman–Crippen MR) is 108 cm³/mol. The Labute approximate surface area is 168 Å². The van der Waals surface area contributed by atoms with Gasteiger partial charge in [0.15, 0.2) is 5.13 Å². The number of anilines is 1. The number of hydrogen-bond acceptors (Lipinski definition) is 6. The van der Waals surface area contributed by atoms with Crippen molar-refractivity contribution in [1.29, 1.82) is 0 Å². The maximum absolute atomic E-state index is 12.5. The lowest BCUT2D eigenvalue weighted by Gasteiger charge is -2.24. The number of carbonyl (C=O) groups is 2. The van der Waals surface area contributed by atoms with Crippen LogP contribution in [0.3, 0.4) is 0 Å². The van der Waals surface area contributed by atoms with Crippen LogP contribution in [0, 0.1) is 0 Å². The summed E-state index contributed by atoms with van der Waals surface area (Å²) in [5.74, 6) is 0.544. The van der Waals surface area contributed by atoms with Gasteiger partial charge in [-0.05, 0) is 37.6 Å². The number of ether oxygens (including phenoxy) is 2. The van der Waals surface area contributed by atoms with Crippen LogP contribution in [-0.4, -0.2) is 41.6 Å². The van der Waals surface area contributed by atoms with Crippen molar-refractivity contribution in [2.75, 3.05) is 25.1 Å². The third-order valence-corrected chi connectivity index (χ3v) is 5.36. The topological polar surface area (TPSA) is 80.8 Å². The van der Waals surface area contributed by atoms with Crippen LogP contribution in [0.1, 0.15) is 47.6 Å². The van der Waals surface area contributed by atoms with Crippen molar-refractivity contribution < 1.29 is 19.1 Å². The highest BCUT2D eigenvalue weighted by molar-refractivity contribution is 7.15. The first-order valence-corrected chi connectivity index (χ1v) is 10.4. The molecule has 1 N–H and O–H groups in total. The number of fused-ring (bicyclic) bond motifs is 1. The van der Waals surface area contributed by atoms with Gasteiger partial charge in [0.05, 0.1) is 25.5 Å². The smallest absolute Gasteiger partial charge is 0.410 e. The summed E-state index contributed by atoms with van der Waals surface area (Å²) in [4.78, 5) is 31.5. The van der Waals surface area contributed by atoms with Gasteiger partial charge in [-0.15, -0.1) is 0 Å². The van der Waals surface area contributed by atoms with E-state index in [4.69, 9.17) is 9.47 Å². The lowest BCUT2D eigenvalue weighted by atomic mass is 10.2. The molecule has 0 fully saturated rings. The Morgan fingerprint density at radius 3 is 2.75 bits per heavy atom. The Morgan fingerprint density at radius 1 is 1.25 bits per heavy atom. The molecular weight excluding hydrogens is 378 g/mol. The lowest BCUT2D eigenvalue weighted by Crippen LogP contribution is -2.35. The van der Waals surface area contributed by atoms with Crippen LogP contribution in [0.4, 0.5) is 9.93 Å². The lowest BCUT2D eigenvalue weighted by molar-refractivity contribution is 0.102. The van der Waals surface area contributed by atoms with Crippen LogP contribution in [0.25, 0.3) is 0 Å². The molecule has 1 aromatic carbocycles. The number of aromatic nitrogens is 1. The molecule has 2 aromatic rings. The van der Waals surface area contributed by atoms with Crippen molar-refractivity contribution in [2.45, 2.75) is 39.7 Å². The predicted octanol–water partition coefficient (Wildman–Crippen LogP) is 4.09. The second kappa shape index (κ2) is 9.54. The minimum Gasteiger partial charge on any atom is -0.494 e. The van der Waals surface area contributed by atoms with E-state index in [1.54, 1.807) is 36.1 Å². The molecule has 7 nitrogen and oxygen atoms in total. The molecule has 0 atom stereocenters. The first-order valence-electron chi connectivity index (χ1n) is 9.55. The average molecular weight is 404 g/mol. The van der Waals surface area contributed by atoms with Gasteiger partial charge < -0.3 is 14.4 Å². The van der Waals surface area contributed by atoms with Gasteiger partial charge in [0.1, 0.15) is 5.75 Å². The number of nitrogens with zero attached hydrogens (tertiary/aromatic N) is 2. The van der Waals surface area contributed by atoms with E-state index >= 15 is 0 Å². The van der Waals surface area contributed by atoms with Crippen molar-refractivity contribution in [3.63, 3.8) is 0 Å². The van der Waals surface area contributed by atoms with E-state index < -0.39 is 0 Å². The number of thiazole rings is 1. The van der Waals surface area contributed by atoms with E-state index in [2.05, 4.69) is 17.2 Å². The molecule has 8 heteroatoms. The van der Waals surface area contributed by atoms with Gasteiger partial charge in [-0.25, -0.2) is 9.78 Å². The number of hydrogen-bond donors (Lipinski definition) is 1. The molecule has 2 heterocycles.